The highest BCUT2D eigenvalue weighted by Crippen LogP contribution is 2.26. The molecule has 0 fully saturated rings. The van der Waals surface area contributed by atoms with E-state index in [-0.39, 0.29) is 36.2 Å². The Labute approximate surface area is 247 Å². The molecule has 0 spiro atoms. The van der Waals surface area contributed by atoms with Crippen LogP contribution in [0.3, 0.4) is 0 Å². The maximum Gasteiger partial charge on any atom is 0.407 e. The molecule has 0 aromatic heterocycles. The predicted octanol–water partition coefficient (Wildman–Crippen LogP) is 8.05. The van der Waals surface area contributed by atoms with Gasteiger partial charge in [-0.15, -0.1) is 12.4 Å². The quantitative estimate of drug-likeness (QED) is 0.0908. The van der Waals surface area contributed by atoms with Crippen LogP contribution in [0, 0.1) is 11.8 Å². The molecule has 1 aliphatic carbocycles. The molecule has 0 radical (unpaired) electrons. The van der Waals surface area contributed by atoms with Gasteiger partial charge < -0.3 is 20.3 Å². The zero-order valence-corrected chi connectivity index (χ0v) is 26.5. The number of ether oxygens (including phenoxy) is 1. The molecule has 0 aromatic carbocycles. The van der Waals surface area contributed by atoms with Crippen LogP contribution in [0.15, 0.2) is 12.2 Å². The first-order chi connectivity index (χ1) is 18.5. The number of hydrogen-bond acceptors (Lipinski definition) is 4. The third-order valence-corrected chi connectivity index (χ3v) is 7.71. The number of rotatable bonds is 24. The summed E-state index contributed by atoms with van der Waals surface area (Å²) < 4.78 is 5.43. The Hall–Kier alpha value is -1.27. The average molecular weight is 572 g/mol. The summed E-state index contributed by atoms with van der Waals surface area (Å²) in [7, 11) is 4.03. The van der Waals surface area contributed by atoms with E-state index in [9.17, 15) is 9.59 Å². The lowest BCUT2D eigenvalue weighted by Crippen LogP contribution is -2.39. The van der Waals surface area contributed by atoms with Crippen molar-refractivity contribution in [2.24, 2.45) is 11.8 Å². The fourth-order valence-corrected chi connectivity index (χ4v) is 5.21. The predicted molar refractivity (Wildman–Crippen MR) is 168 cm³/mol. The van der Waals surface area contributed by atoms with Crippen LogP contribution in [0.1, 0.15) is 129 Å². The number of allylic oxidation sites excluding steroid dienone is 2. The Balaban J connectivity index is 0.0000144. The van der Waals surface area contributed by atoms with E-state index in [1.54, 1.807) is 0 Å². The second-order valence-electron chi connectivity index (χ2n) is 11.6. The average Bonchev–Trinajstić information content (AvgIpc) is 2.91. The molecule has 0 saturated carbocycles. The summed E-state index contributed by atoms with van der Waals surface area (Å²) in [5.41, 5.74) is 0. The van der Waals surface area contributed by atoms with E-state index in [0.717, 1.165) is 38.8 Å². The number of alkyl carbamates (subject to hydrolysis) is 1. The number of carbonyl (C=O) groups excluding carboxylic acids is 2. The molecular formula is C32H62ClN3O3. The van der Waals surface area contributed by atoms with Gasteiger partial charge in [-0.2, -0.15) is 0 Å². The topological polar surface area (TPSA) is 70.7 Å². The fourth-order valence-electron chi connectivity index (χ4n) is 5.21. The Morgan fingerprint density at radius 1 is 0.718 bits per heavy atom. The van der Waals surface area contributed by atoms with Crippen LogP contribution in [0.4, 0.5) is 4.79 Å². The molecule has 0 heterocycles. The number of hydrogen-bond donors (Lipinski definition) is 2. The molecule has 2 atom stereocenters. The first-order valence-electron chi connectivity index (χ1n) is 16.0. The van der Waals surface area contributed by atoms with Gasteiger partial charge in [0.25, 0.3) is 0 Å². The van der Waals surface area contributed by atoms with Crippen LogP contribution in [0.25, 0.3) is 0 Å². The van der Waals surface area contributed by atoms with E-state index < -0.39 is 0 Å². The molecule has 230 valence electrons. The maximum atomic E-state index is 12.8. The SMILES string of the molecule is CCCCCCCCCCCCCCCCCCNC(=O)C1CC=CCC1COC(=O)NCCCN(C)C.Cl. The first-order valence-corrected chi connectivity index (χ1v) is 16.0. The van der Waals surface area contributed by atoms with Crippen molar-refractivity contribution in [2.75, 3.05) is 40.3 Å². The van der Waals surface area contributed by atoms with Gasteiger partial charge in [-0.3, -0.25) is 4.79 Å². The minimum absolute atomic E-state index is 0. The minimum atomic E-state index is -0.384. The molecule has 1 rings (SSSR count). The Morgan fingerprint density at radius 2 is 1.21 bits per heavy atom. The monoisotopic (exact) mass is 571 g/mol. The number of nitrogens with zero attached hydrogens (tertiary/aromatic N) is 1. The van der Waals surface area contributed by atoms with Crippen molar-refractivity contribution < 1.29 is 14.3 Å². The van der Waals surface area contributed by atoms with Crippen molar-refractivity contribution >= 4 is 24.4 Å². The Kier molecular flexibility index (Phi) is 26.1. The standard InChI is InChI=1S/C32H61N3O3.ClH/c1-4-5-6-7-8-9-10-11-12-13-14-15-16-17-18-21-25-33-31(36)30-24-20-19-23-29(30)28-38-32(37)34-26-22-27-35(2)3;/h19-20,29-30H,4-18,21-28H2,1-3H3,(H,33,36)(H,34,37);1H. The zero-order valence-electron chi connectivity index (χ0n) is 25.7. The van der Waals surface area contributed by atoms with Gasteiger partial charge in [-0.25, -0.2) is 4.79 Å². The van der Waals surface area contributed by atoms with Crippen LogP contribution in [-0.4, -0.2) is 57.2 Å². The third-order valence-electron chi connectivity index (χ3n) is 7.71. The summed E-state index contributed by atoms with van der Waals surface area (Å²) in [6, 6.07) is 0. The summed E-state index contributed by atoms with van der Waals surface area (Å²) in [6.45, 7) is 4.85. The van der Waals surface area contributed by atoms with Crippen molar-refractivity contribution in [1.82, 2.24) is 15.5 Å². The largest absolute Gasteiger partial charge is 0.449 e. The molecule has 0 aliphatic heterocycles. The molecule has 0 saturated heterocycles. The summed E-state index contributed by atoms with van der Waals surface area (Å²) in [6.07, 6.45) is 27.8. The van der Waals surface area contributed by atoms with Crippen LogP contribution in [-0.2, 0) is 9.53 Å². The van der Waals surface area contributed by atoms with Gasteiger partial charge in [0, 0.05) is 24.9 Å². The van der Waals surface area contributed by atoms with Gasteiger partial charge >= 0.3 is 6.09 Å². The van der Waals surface area contributed by atoms with E-state index in [1.165, 1.54) is 96.3 Å². The lowest BCUT2D eigenvalue weighted by molar-refractivity contribution is -0.127. The number of carbonyl (C=O) groups is 2. The van der Waals surface area contributed by atoms with Gasteiger partial charge in [0.05, 0.1) is 6.61 Å². The maximum absolute atomic E-state index is 12.8. The van der Waals surface area contributed by atoms with Crippen molar-refractivity contribution in [3.63, 3.8) is 0 Å². The number of halogens is 1. The van der Waals surface area contributed by atoms with Gasteiger partial charge in [0.2, 0.25) is 5.91 Å². The highest BCUT2D eigenvalue weighted by atomic mass is 35.5. The lowest BCUT2D eigenvalue weighted by Gasteiger charge is -2.27. The van der Waals surface area contributed by atoms with E-state index >= 15 is 0 Å². The number of unbranched alkanes of at least 4 members (excludes halogenated alkanes) is 15. The van der Waals surface area contributed by atoms with E-state index in [1.807, 2.05) is 14.1 Å². The van der Waals surface area contributed by atoms with Crippen molar-refractivity contribution in [2.45, 2.75) is 129 Å². The van der Waals surface area contributed by atoms with Crippen molar-refractivity contribution in [3.8, 4) is 0 Å². The molecule has 39 heavy (non-hydrogen) atoms. The molecule has 2 N–H and O–H groups in total. The van der Waals surface area contributed by atoms with Crippen LogP contribution in [0.5, 0.6) is 0 Å². The normalized spacial score (nSPS) is 16.6. The smallest absolute Gasteiger partial charge is 0.407 e. The fraction of sp³-hybridized carbons (Fsp3) is 0.875. The van der Waals surface area contributed by atoms with Crippen molar-refractivity contribution in [1.29, 1.82) is 0 Å². The lowest BCUT2D eigenvalue weighted by atomic mass is 9.83. The first kappa shape index (κ1) is 37.7. The van der Waals surface area contributed by atoms with Gasteiger partial charge in [0.1, 0.15) is 0 Å². The Bertz CT molecular complexity index is 615. The number of amides is 2. The molecule has 7 heteroatoms. The molecule has 0 aromatic rings. The van der Waals surface area contributed by atoms with Gasteiger partial charge in [0.15, 0.2) is 0 Å². The second-order valence-corrected chi connectivity index (χ2v) is 11.6. The zero-order chi connectivity index (χ0) is 27.7. The Morgan fingerprint density at radius 3 is 1.74 bits per heavy atom. The number of nitrogens with one attached hydrogen (secondary N) is 2. The van der Waals surface area contributed by atoms with Crippen LogP contribution >= 0.6 is 12.4 Å². The van der Waals surface area contributed by atoms with E-state index in [2.05, 4.69) is 34.6 Å². The minimum Gasteiger partial charge on any atom is -0.449 e. The van der Waals surface area contributed by atoms with Gasteiger partial charge in [-0.05, 0) is 46.3 Å². The molecule has 0 bridgehead atoms. The van der Waals surface area contributed by atoms with Crippen molar-refractivity contribution in [3.05, 3.63) is 12.2 Å². The highest BCUT2D eigenvalue weighted by molar-refractivity contribution is 5.85. The summed E-state index contributed by atoms with van der Waals surface area (Å²) in [5, 5.41) is 5.94. The second kappa shape index (κ2) is 26.9. The molecule has 2 unspecified atom stereocenters. The molecule has 2 amide bonds. The van der Waals surface area contributed by atoms with Crippen LogP contribution < -0.4 is 10.6 Å². The highest BCUT2D eigenvalue weighted by Gasteiger charge is 2.29. The summed E-state index contributed by atoms with van der Waals surface area (Å²) in [4.78, 5) is 26.9. The summed E-state index contributed by atoms with van der Waals surface area (Å²) in [5.74, 6) is 0.0521. The molecular weight excluding hydrogens is 510 g/mol. The summed E-state index contributed by atoms with van der Waals surface area (Å²) >= 11 is 0. The van der Waals surface area contributed by atoms with Crippen LogP contribution in [0.2, 0.25) is 0 Å². The van der Waals surface area contributed by atoms with E-state index in [0.29, 0.717) is 13.2 Å². The van der Waals surface area contributed by atoms with E-state index in [4.69, 9.17) is 4.74 Å². The molecule has 6 nitrogen and oxygen atoms in total. The third kappa shape index (κ3) is 22.1. The van der Waals surface area contributed by atoms with Gasteiger partial charge in [-0.1, -0.05) is 115 Å². The molecule has 1 aliphatic rings.